The van der Waals surface area contributed by atoms with E-state index in [0.29, 0.717) is 12.4 Å². The van der Waals surface area contributed by atoms with Gasteiger partial charge in [-0.3, -0.25) is 0 Å². The van der Waals surface area contributed by atoms with Crippen LogP contribution in [0, 0.1) is 0 Å². The van der Waals surface area contributed by atoms with Crippen molar-refractivity contribution < 1.29 is 13.9 Å². The number of nitrogens with one attached hydrogen (secondary N) is 1. The minimum absolute atomic E-state index is 0.315. The Balaban J connectivity index is 2.09. The lowest BCUT2D eigenvalue weighted by molar-refractivity contribution is 0.0493. The Morgan fingerprint density at radius 1 is 1.35 bits per heavy atom. The highest BCUT2D eigenvalue weighted by molar-refractivity contribution is 6.04. The lowest BCUT2D eigenvalue weighted by atomic mass is 10.2. The number of ether oxygens (including phenoxy) is 1. The molecule has 1 aliphatic heterocycles. The fourth-order valence-electron chi connectivity index (χ4n) is 2.57. The molecular weight excluding hydrogens is 256 g/mol. The molecule has 1 N–H and O–H groups in total. The molecule has 0 saturated carbocycles. The van der Waals surface area contributed by atoms with Crippen LogP contribution >= 0.6 is 0 Å². The summed E-state index contributed by atoms with van der Waals surface area (Å²) in [5.74, 6) is -0.0767. The van der Waals surface area contributed by atoms with Gasteiger partial charge in [0.1, 0.15) is 5.58 Å². The number of fused-ring (bicyclic) bond motifs is 1. The molecule has 2 aromatic rings. The van der Waals surface area contributed by atoms with Gasteiger partial charge in [0.25, 0.3) is 0 Å². The van der Waals surface area contributed by atoms with Crippen LogP contribution in [0.2, 0.25) is 0 Å². The van der Waals surface area contributed by atoms with Crippen molar-refractivity contribution in [3.63, 3.8) is 0 Å². The predicted octanol–water partition coefficient (Wildman–Crippen LogP) is 2.02. The largest absolute Gasteiger partial charge is 0.460 e. The second-order valence-corrected chi connectivity index (χ2v) is 4.73. The molecule has 1 aromatic heterocycles. The van der Waals surface area contributed by atoms with Crippen LogP contribution in [0.4, 0.5) is 5.69 Å². The van der Waals surface area contributed by atoms with Crippen LogP contribution in [0.5, 0.6) is 0 Å². The molecular formula is C15H18N2O3. The van der Waals surface area contributed by atoms with Gasteiger partial charge in [-0.1, -0.05) is 12.1 Å². The van der Waals surface area contributed by atoms with Gasteiger partial charge in [0.05, 0.1) is 12.3 Å². The van der Waals surface area contributed by atoms with Gasteiger partial charge in [-0.15, -0.1) is 0 Å². The second kappa shape index (κ2) is 5.54. The summed E-state index contributed by atoms with van der Waals surface area (Å²) in [4.78, 5) is 14.3. The van der Waals surface area contributed by atoms with E-state index in [1.54, 1.807) is 6.92 Å². The third-order valence-corrected chi connectivity index (χ3v) is 3.46. The Morgan fingerprint density at radius 3 is 2.85 bits per heavy atom. The maximum Gasteiger partial charge on any atom is 0.376 e. The van der Waals surface area contributed by atoms with Crippen LogP contribution in [0.1, 0.15) is 17.5 Å². The Morgan fingerprint density at radius 2 is 2.10 bits per heavy atom. The number of esters is 1. The second-order valence-electron chi connectivity index (χ2n) is 4.73. The summed E-state index contributed by atoms with van der Waals surface area (Å²) in [7, 11) is 0. The Kier molecular flexibility index (Phi) is 3.60. The van der Waals surface area contributed by atoms with Gasteiger partial charge in [0, 0.05) is 31.6 Å². The zero-order valence-electron chi connectivity index (χ0n) is 11.5. The van der Waals surface area contributed by atoms with E-state index >= 15 is 0 Å². The normalized spacial score (nSPS) is 15.6. The highest BCUT2D eigenvalue weighted by atomic mass is 16.5. The van der Waals surface area contributed by atoms with E-state index in [1.807, 2.05) is 24.3 Å². The molecule has 1 aliphatic rings. The quantitative estimate of drug-likeness (QED) is 0.868. The lowest BCUT2D eigenvalue weighted by Crippen LogP contribution is -2.44. The summed E-state index contributed by atoms with van der Waals surface area (Å²) < 4.78 is 10.8. The number of benzene rings is 1. The van der Waals surface area contributed by atoms with Crippen LogP contribution in [-0.4, -0.2) is 38.8 Å². The van der Waals surface area contributed by atoms with Gasteiger partial charge in [0.15, 0.2) is 0 Å². The van der Waals surface area contributed by atoms with E-state index in [1.165, 1.54) is 0 Å². The van der Waals surface area contributed by atoms with E-state index in [-0.39, 0.29) is 0 Å². The van der Waals surface area contributed by atoms with Crippen molar-refractivity contribution in [2.24, 2.45) is 0 Å². The highest BCUT2D eigenvalue weighted by Gasteiger charge is 2.26. The van der Waals surface area contributed by atoms with Gasteiger partial charge in [-0.05, 0) is 19.1 Å². The molecule has 2 heterocycles. The highest BCUT2D eigenvalue weighted by Crippen LogP contribution is 2.34. The fraction of sp³-hybridized carbons (Fsp3) is 0.400. The molecule has 5 heteroatoms. The fourth-order valence-corrected chi connectivity index (χ4v) is 2.57. The van der Waals surface area contributed by atoms with E-state index in [9.17, 15) is 4.79 Å². The molecule has 3 rings (SSSR count). The molecule has 5 nitrogen and oxygen atoms in total. The molecule has 0 spiro atoms. The van der Waals surface area contributed by atoms with Gasteiger partial charge in [0.2, 0.25) is 5.76 Å². The SMILES string of the molecule is CCOC(=O)c1oc2ccccc2c1N1CCNCC1. The standard InChI is InChI=1S/C15H18N2O3/c1-2-19-15(18)14-13(17-9-7-16-8-10-17)11-5-3-4-6-12(11)20-14/h3-6,16H,2,7-10H2,1H3. The number of anilines is 1. The molecule has 0 atom stereocenters. The third kappa shape index (κ3) is 2.25. The first-order valence-corrected chi connectivity index (χ1v) is 6.95. The molecule has 106 valence electrons. The van der Waals surface area contributed by atoms with Gasteiger partial charge >= 0.3 is 5.97 Å². The smallest absolute Gasteiger partial charge is 0.376 e. The molecule has 20 heavy (non-hydrogen) atoms. The van der Waals surface area contributed by atoms with Crippen molar-refractivity contribution in [1.29, 1.82) is 0 Å². The van der Waals surface area contributed by atoms with Crippen LogP contribution < -0.4 is 10.2 Å². The van der Waals surface area contributed by atoms with Crippen molar-refractivity contribution in [2.45, 2.75) is 6.92 Å². The molecule has 0 unspecified atom stereocenters. The van der Waals surface area contributed by atoms with Crippen molar-refractivity contribution in [3.05, 3.63) is 30.0 Å². The Hall–Kier alpha value is -2.01. The first-order valence-electron chi connectivity index (χ1n) is 6.95. The van der Waals surface area contributed by atoms with E-state index < -0.39 is 5.97 Å². The van der Waals surface area contributed by atoms with Crippen LogP contribution in [-0.2, 0) is 4.74 Å². The summed E-state index contributed by atoms with van der Waals surface area (Å²) >= 11 is 0. The van der Waals surface area contributed by atoms with E-state index in [0.717, 1.165) is 42.8 Å². The topological polar surface area (TPSA) is 54.7 Å². The summed E-state index contributed by atoms with van der Waals surface area (Å²) in [5, 5.41) is 4.28. The predicted molar refractivity (Wildman–Crippen MR) is 77.3 cm³/mol. The Bertz CT molecular complexity index is 615. The van der Waals surface area contributed by atoms with Crippen LogP contribution in [0.15, 0.2) is 28.7 Å². The first-order chi connectivity index (χ1) is 9.81. The van der Waals surface area contributed by atoms with E-state index in [4.69, 9.17) is 9.15 Å². The zero-order chi connectivity index (χ0) is 13.9. The van der Waals surface area contributed by atoms with Crippen molar-refractivity contribution in [1.82, 2.24) is 5.32 Å². The molecule has 0 aliphatic carbocycles. The number of hydrogen-bond donors (Lipinski definition) is 1. The summed E-state index contributed by atoms with van der Waals surface area (Å²) in [6, 6.07) is 7.73. The number of hydrogen-bond acceptors (Lipinski definition) is 5. The van der Waals surface area contributed by atoms with Crippen LogP contribution in [0.3, 0.4) is 0 Å². The number of piperazine rings is 1. The monoisotopic (exact) mass is 274 g/mol. The lowest BCUT2D eigenvalue weighted by Gasteiger charge is -2.29. The molecule has 0 radical (unpaired) electrons. The number of nitrogens with zero attached hydrogens (tertiary/aromatic N) is 1. The molecule has 1 aromatic carbocycles. The average molecular weight is 274 g/mol. The number of para-hydroxylation sites is 1. The summed E-state index contributed by atoms with van der Waals surface area (Å²) in [6.07, 6.45) is 0. The van der Waals surface area contributed by atoms with Crippen molar-refractivity contribution in [2.75, 3.05) is 37.7 Å². The van der Waals surface area contributed by atoms with Crippen molar-refractivity contribution >= 4 is 22.6 Å². The maximum atomic E-state index is 12.1. The Labute approximate surface area is 117 Å². The minimum atomic E-state index is -0.391. The summed E-state index contributed by atoms with van der Waals surface area (Å²) in [6.45, 7) is 5.66. The van der Waals surface area contributed by atoms with Crippen LogP contribution in [0.25, 0.3) is 11.0 Å². The number of rotatable bonds is 3. The summed E-state index contributed by atoms with van der Waals surface area (Å²) in [5.41, 5.74) is 1.59. The van der Waals surface area contributed by atoms with Gasteiger partial charge in [-0.25, -0.2) is 4.79 Å². The number of carbonyl (C=O) groups is 1. The molecule has 1 fully saturated rings. The molecule has 1 saturated heterocycles. The van der Waals surface area contributed by atoms with Gasteiger partial charge < -0.3 is 19.4 Å². The van der Waals surface area contributed by atoms with E-state index in [2.05, 4.69) is 10.2 Å². The van der Waals surface area contributed by atoms with Gasteiger partial charge in [-0.2, -0.15) is 0 Å². The molecule has 0 amide bonds. The minimum Gasteiger partial charge on any atom is -0.460 e. The first kappa shape index (κ1) is 13.0. The number of carbonyl (C=O) groups excluding carboxylic acids is 1. The molecule has 0 bridgehead atoms. The average Bonchev–Trinajstić information content (AvgIpc) is 2.88. The van der Waals surface area contributed by atoms with Crippen molar-refractivity contribution in [3.8, 4) is 0 Å². The zero-order valence-corrected chi connectivity index (χ0v) is 11.5. The number of furan rings is 1. The third-order valence-electron chi connectivity index (χ3n) is 3.46. The maximum absolute atomic E-state index is 12.1.